The maximum absolute atomic E-state index is 12.3. The molecule has 2 aromatic rings. The Morgan fingerprint density at radius 3 is 2.68 bits per heavy atom. The van der Waals surface area contributed by atoms with Crippen molar-refractivity contribution in [1.29, 1.82) is 0 Å². The number of nitrogens with two attached hydrogens (primary N) is 1. The van der Waals surface area contributed by atoms with E-state index in [9.17, 15) is 4.79 Å². The Kier molecular flexibility index (Phi) is 5.32. The van der Waals surface area contributed by atoms with E-state index in [2.05, 4.69) is 24.1 Å². The second kappa shape index (κ2) is 7.03. The lowest BCUT2D eigenvalue weighted by molar-refractivity contribution is 0.102. The Labute approximate surface area is 135 Å². The molecular weight excluding hydrogens is 294 g/mol. The van der Waals surface area contributed by atoms with E-state index in [1.54, 1.807) is 5.38 Å². The highest BCUT2D eigenvalue weighted by Gasteiger charge is 2.16. The van der Waals surface area contributed by atoms with Gasteiger partial charge in [0.2, 0.25) is 0 Å². The maximum Gasteiger partial charge on any atom is 0.275 e. The minimum atomic E-state index is -0.192. The molecule has 1 heterocycles. The van der Waals surface area contributed by atoms with E-state index in [0.29, 0.717) is 11.6 Å². The molecule has 0 aliphatic heterocycles. The Morgan fingerprint density at radius 2 is 2.05 bits per heavy atom. The molecule has 0 bridgehead atoms. The Balaban J connectivity index is 2.07. The third-order valence-electron chi connectivity index (χ3n) is 3.56. The van der Waals surface area contributed by atoms with E-state index in [1.165, 1.54) is 16.9 Å². The molecule has 2 rings (SSSR count). The van der Waals surface area contributed by atoms with Gasteiger partial charge in [-0.1, -0.05) is 19.9 Å². The summed E-state index contributed by atoms with van der Waals surface area (Å²) in [5.41, 5.74) is 9.68. The summed E-state index contributed by atoms with van der Waals surface area (Å²) in [6.07, 6.45) is 0.867. The molecule has 1 aromatic carbocycles. The molecule has 0 saturated heterocycles. The highest BCUT2D eigenvalue weighted by atomic mass is 32.1. The normalized spacial score (nSPS) is 12.5. The van der Waals surface area contributed by atoms with Gasteiger partial charge < -0.3 is 11.1 Å². The third-order valence-corrected chi connectivity index (χ3v) is 4.54. The second-order valence-corrected chi connectivity index (χ2v) is 6.95. The van der Waals surface area contributed by atoms with E-state index < -0.39 is 0 Å². The monoisotopic (exact) mass is 317 g/mol. The SMILES string of the molecule is Cc1ccc(NC(=O)c2csc(C(N)CC(C)C)n2)cc1C. The number of aryl methyl sites for hydroxylation is 2. The summed E-state index contributed by atoms with van der Waals surface area (Å²) in [6, 6.07) is 5.76. The van der Waals surface area contributed by atoms with Gasteiger partial charge in [-0.2, -0.15) is 0 Å². The smallest absolute Gasteiger partial charge is 0.275 e. The molecule has 22 heavy (non-hydrogen) atoms. The molecule has 5 heteroatoms. The van der Waals surface area contributed by atoms with Gasteiger partial charge in [-0.3, -0.25) is 4.79 Å². The quantitative estimate of drug-likeness (QED) is 0.874. The average Bonchev–Trinajstić information content (AvgIpc) is 2.92. The van der Waals surface area contributed by atoms with Crippen LogP contribution in [0.2, 0.25) is 0 Å². The lowest BCUT2D eigenvalue weighted by atomic mass is 10.1. The van der Waals surface area contributed by atoms with Crippen molar-refractivity contribution in [3.8, 4) is 0 Å². The van der Waals surface area contributed by atoms with Crippen LogP contribution in [0.1, 0.15) is 52.9 Å². The fourth-order valence-corrected chi connectivity index (χ4v) is 3.00. The zero-order valence-corrected chi connectivity index (χ0v) is 14.3. The first-order valence-electron chi connectivity index (χ1n) is 7.46. The highest BCUT2D eigenvalue weighted by molar-refractivity contribution is 7.09. The van der Waals surface area contributed by atoms with Gasteiger partial charge in [-0.15, -0.1) is 11.3 Å². The molecule has 0 spiro atoms. The molecule has 118 valence electrons. The van der Waals surface area contributed by atoms with Crippen LogP contribution in [0.25, 0.3) is 0 Å². The number of aromatic nitrogens is 1. The van der Waals surface area contributed by atoms with Crippen LogP contribution in [-0.2, 0) is 0 Å². The number of amides is 1. The largest absolute Gasteiger partial charge is 0.322 e. The molecule has 1 amide bonds. The zero-order valence-electron chi connectivity index (χ0n) is 13.5. The average molecular weight is 317 g/mol. The standard InChI is InChI=1S/C17H23N3OS/c1-10(2)7-14(18)17-20-15(9-22-17)16(21)19-13-6-5-11(3)12(4)8-13/h5-6,8-10,14H,7,18H2,1-4H3,(H,19,21). The molecule has 0 aliphatic rings. The van der Waals surface area contributed by atoms with Crippen molar-refractivity contribution in [3.05, 3.63) is 45.4 Å². The number of nitrogens with one attached hydrogen (secondary N) is 1. The predicted octanol–water partition coefficient (Wildman–Crippen LogP) is 4.06. The number of nitrogens with zero attached hydrogens (tertiary/aromatic N) is 1. The molecule has 1 unspecified atom stereocenters. The summed E-state index contributed by atoms with van der Waals surface area (Å²) < 4.78 is 0. The van der Waals surface area contributed by atoms with E-state index in [1.807, 2.05) is 32.0 Å². The Hall–Kier alpha value is -1.72. The van der Waals surface area contributed by atoms with Crippen molar-refractivity contribution in [1.82, 2.24) is 4.98 Å². The van der Waals surface area contributed by atoms with Crippen molar-refractivity contribution in [2.24, 2.45) is 11.7 Å². The fourth-order valence-electron chi connectivity index (χ4n) is 2.19. The molecule has 0 saturated carbocycles. The number of carbonyl (C=O) groups is 1. The molecule has 1 atom stereocenters. The molecular formula is C17H23N3OS. The number of hydrogen-bond donors (Lipinski definition) is 2. The number of anilines is 1. The van der Waals surface area contributed by atoms with Gasteiger partial charge in [-0.25, -0.2) is 4.98 Å². The number of carbonyl (C=O) groups excluding carboxylic acids is 1. The van der Waals surface area contributed by atoms with Gasteiger partial charge in [0.1, 0.15) is 10.7 Å². The lowest BCUT2D eigenvalue weighted by Gasteiger charge is -2.10. The minimum Gasteiger partial charge on any atom is -0.322 e. The van der Waals surface area contributed by atoms with E-state index in [-0.39, 0.29) is 11.9 Å². The predicted molar refractivity (Wildman–Crippen MR) is 92.4 cm³/mol. The van der Waals surface area contributed by atoms with Gasteiger partial charge in [0.05, 0.1) is 6.04 Å². The summed E-state index contributed by atoms with van der Waals surface area (Å²) in [5, 5.41) is 5.47. The fraction of sp³-hybridized carbons (Fsp3) is 0.412. The molecule has 4 nitrogen and oxygen atoms in total. The van der Waals surface area contributed by atoms with Crippen molar-refractivity contribution in [3.63, 3.8) is 0 Å². The molecule has 0 radical (unpaired) electrons. The van der Waals surface area contributed by atoms with Crippen molar-refractivity contribution >= 4 is 22.9 Å². The van der Waals surface area contributed by atoms with Crippen molar-refractivity contribution < 1.29 is 4.79 Å². The van der Waals surface area contributed by atoms with Crippen LogP contribution in [0.4, 0.5) is 5.69 Å². The van der Waals surface area contributed by atoms with Gasteiger partial charge in [0.25, 0.3) is 5.91 Å². The van der Waals surface area contributed by atoms with E-state index in [0.717, 1.165) is 22.7 Å². The summed E-state index contributed by atoms with van der Waals surface area (Å²) in [5.74, 6) is 0.314. The van der Waals surface area contributed by atoms with Crippen molar-refractivity contribution in [2.45, 2.75) is 40.2 Å². The third kappa shape index (κ3) is 4.15. The first kappa shape index (κ1) is 16.6. The summed E-state index contributed by atoms with van der Waals surface area (Å²) in [7, 11) is 0. The summed E-state index contributed by atoms with van der Waals surface area (Å²) in [4.78, 5) is 16.6. The molecule has 1 aromatic heterocycles. The van der Waals surface area contributed by atoms with Crippen LogP contribution in [0.15, 0.2) is 23.6 Å². The van der Waals surface area contributed by atoms with Crippen LogP contribution in [-0.4, -0.2) is 10.9 Å². The van der Waals surface area contributed by atoms with Gasteiger partial charge in [-0.05, 0) is 49.4 Å². The van der Waals surface area contributed by atoms with Crippen LogP contribution in [0.5, 0.6) is 0 Å². The number of benzene rings is 1. The molecule has 0 fully saturated rings. The van der Waals surface area contributed by atoms with Gasteiger partial charge in [0.15, 0.2) is 0 Å². The first-order valence-corrected chi connectivity index (χ1v) is 8.34. The van der Waals surface area contributed by atoms with E-state index in [4.69, 9.17) is 5.73 Å². The Bertz CT molecular complexity index is 664. The minimum absolute atomic E-state index is 0.104. The Morgan fingerprint density at radius 1 is 1.32 bits per heavy atom. The molecule has 0 aliphatic carbocycles. The lowest BCUT2D eigenvalue weighted by Crippen LogP contribution is -2.15. The number of hydrogen-bond acceptors (Lipinski definition) is 4. The van der Waals surface area contributed by atoms with E-state index >= 15 is 0 Å². The molecule has 3 N–H and O–H groups in total. The second-order valence-electron chi connectivity index (χ2n) is 6.06. The van der Waals surface area contributed by atoms with Crippen LogP contribution >= 0.6 is 11.3 Å². The van der Waals surface area contributed by atoms with Gasteiger partial charge in [0, 0.05) is 11.1 Å². The summed E-state index contributed by atoms with van der Waals surface area (Å²) in [6.45, 7) is 8.32. The topological polar surface area (TPSA) is 68.0 Å². The van der Waals surface area contributed by atoms with Crippen molar-refractivity contribution in [2.75, 3.05) is 5.32 Å². The van der Waals surface area contributed by atoms with Gasteiger partial charge >= 0.3 is 0 Å². The zero-order chi connectivity index (χ0) is 16.3. The first-order chi connectivity index (χ1) is 10.4. The van der Waals surface area contributed by atoms with Crippen LogP contribution in [0.3, 0.4) is 0 Å². The number of rotatable bonds is 5. The van der Waals surface area contributed by atoms with Crippen LogP contribution < -0.4 is 11.1 Å². The number of thiazole rings is 1. The maximum atomic E-state index is 12.3. The summed E-state index contributed by atoms with van der Waals surface area (Å²) >= 11 is 1.45. The highest BCUT2D eigenvalue weighted by Crippen LogP contribution is 2.23. The van der Waals surface area contributed by atoms with Crippen LogP contribution in [0, 0.1) is 19.8 Å².